The van der Waals surface area contributed by atoms with E-state index in [0.29, 0.717) is 23.1 Å². The first-order valence-electron chi connectivity index (χ1n) is 7.40. The van der Waals surface area contributed by atoms with Crippen LogP contribution in [-0.2, 0) is 0 Å². The zero-order valence-electron chi connectivity index (χ0n) is 12.0. The summed E-state index contributed by atoms with van der Waals surface area (Å²) < 4.78 is 5.08. The van der Waals surface area contributed by atoms with Crippen LogP contribution in [0.3, 0.4) is 0 Å². The zero-order chi connectivity index (χ0) is 14.6. The first-order chi connectivity index (χ1) is 10.1. The van der Waals surface area contributed by atoms with E-state index in [1.165, 1.54) is 0 Å². The maximum atomic E-state index is 12.7. The van der Waals surface area contributed by atoms with Crippen molar-refractivity contribution in [2.75, 3.05) is 13.1 Å². The van der Waals surface area contributed by atoms with E-state index in [-0.39, 0.29) is 11.9 Å². The van der Waals surface area contributed by atoms with E-state index in [0.717, 1.165) is 37.0 Å². The minimum Gasteiger partial charge on any atom is -0.338 e. The summed E-state index contributed by atoms with van der Waals surface area (Å²) in [5.74, 6) is 1.06. The Morgan fingerprint density at radius 2 is 2.29 bits per heavy atom. The third-order valence-electron chi connectivity index (χ3n) is 4.96. The van der Waals surface area contributed by atoms with Gasteiger partial charge in [0.15, 0.2) is 0 Å². The number of carbonyl (C=O) groups excluding carboxylic acids is 1. The highest BCUT2D eigenvalue weighted by Crippen LogP contribution is 2.37. The molecule has 4 rings (SSSR count). The Labute approximate surface area is 122 Å². The second kappa shape index (κ2) is 4.53. The number of carbonyl (C=O) groups is 1. The molecule has 2 aliphatic rings. The predicted octanol–water partition coefficient (Wildman–Crippen LogP) is 1.34. The van der Waals surface area contributed by atoms with E-state index in [1.54, 1.807) is 6.20 Å². The Hall–Kier alpha value is -1.95. The summed E-state index contributed by atoms with van der Waals surface area (Å²) in [4.78, 5) is 18.8. The van der Waals surface area contributed by atoms with Crippen LogP contribution in [0, 0.1) is 18.8 Å². The average molecular weight is 286 g/mol. The fourth-order valence-corrected chi connectivity index (χ4v) is 3.72. The number of aryl methyl sites for hydroxylation is 1. The monoisotopic (exact) mass is 286 g/mol. The quantitative estimate of drug-likeness (QED) is 0.855. The zero-order valence-corrected chi connectivity index (χ0v) is 12.0. The van der Waals surface area contributed by atoms with Gasteiger partial charge in [-0.25, -0.2) is 4.98 Å². The summed E-state index contributed by atoms with van der Waals surface area (Å²) in [5.41, 5.74) is 7.96. The van der Waals surface area contributed by atoms with Crippen LogP contribution in [0.25, 0.3) is 11.1 Å². The van der Waals surface area contributed by atoms with E-state index in [1.807, 2.05) is 17.9 Å². The van der Waals surface area contributed by atoms with Gasteiger partial charge in [-0.15, -0.1) is 0 Å². The van der Waals surface area contributed by atoms with E-state index in [4.69, 9.17) is 10.3 Å². The number of nitrogens with zero attached hydrogens (tertiary/aromatic N) is 3. The molecular formula is C15H18N4O2. The Bertz CT molecular complexity index is 711. The van der Waals surface area contributed by atoms with Crippen LogP contribution in [0.1, 0.15) is 28.9 Å². The third-order valence-corrected chi connectivity index (χ3v) is 4.96. The van der Waals surface area contributed by atoms with Crippen LogP contribution < -0.4 is 5.73 Å². The predicted molar refractivity (Wildman–Crippen MR) is 76.6 cm³/mol. The molecule has 1 aliphatic carbocycles. The molecule has 3 atom stereocenters. The number of pyridine rings is 1. The van der Waals surface area contributed by atoms with Gasteiger partial charge in [0.2, 0.25) is 0 Å². The van der Waals surface area contributed by atoms with Gasteiger partial charge in [0.05, 0.1) is 16.6 Å². The second-order valence-electron chi connectivity index (χ2n) is 6.22. The molecular weight excluding hydrogens is 268 g/mol. The number of rotatable bonds is 1. The van der Waals surface area contributed by atoms with Crippen molar-refractivity contribution in [2.45, 2.75) is 25.8 Å². The highest BCUT2D eigenvalue weighted by atomic mass is 16.5. The van der Waals surface area contributed by atoms with Crippen molar-refractivity contribution in [2.24, 2.45) is 17.6 Å². The van der Waals surface area contributed by atoms with Gasteiger partial charge in [0, 0.05) is 25.3 Å². The lowest BCUT2D eigenvalue weighted by Crippen LogP contribution is -2.33. The molecule has 21 heavy (non-hydrogen) atoms. The molecule has 0 spiro atoms. The summed E-state index contributed by atoms with van der Waals surface area (Å²) in [5, 5.41) is 4.67. The average Bonchev–Trinajstić information content (AvgIpc) is 3.16. The summed E-state index contributed by atoms with van der Waals surface area (Å²) in [6.45, 7) is 3.43. The van der Waals surface area contributed by atoms with Crippen molar-refractivity contribution in [3.63, 3.8) is 0 Å². The van der Waals surface area contributed by atoms with Crippen LogP contribution in [0.5, 0.6) is 0 Å². The van der Waals surface area contributed by atoms with Gasteiger partial charge >= 0.3 is 0 Å². The maximum Gasteiger partial charge on any atom is 0.257 e. The molecule has 2 fully saturated rings. The van der Waals surface area contributed by atoms with Gasteiger partial charge < -0.3 is 15.2 Å². The highest BCUT2D eigenvalue weighted by molar-refractivity contribution is 5.97. The highest BCUT2D eigenvalue weighted by Gasteiger charge is 2.42. The first kappa shape index (κ1) is 12.8. The molecule has 2 aromatic rings. The topological polar surface area (TPSA) is 85.2 Å². The van der Waals surface area contributed by atoms with Crippen molar-refractivity contribution in [1.82, 2.24) is 15.0 Å². The van der Waals surface area contributed by atoms with Crippen LogP contribution in [0.2, 0.25) is 0 Å². The van der Waals surface area contributed by atoms with Gasteiger partial charge in [0.1, 0.15) is 0 Å². The lowest BCUT2D eigenvalue weighted by atomic mass is 9.98. The van der Waals surface area contributed by atoms with Gasteiger partial charge in [0.25, 0.3) is 11.6 Å². The number of hydrogen-bond acceptors (Lipinski definition) is 5. The number of aromatic nitrogens is 2. The fourth-order valence-electron chi connectivity index (χ4n) is 3.72. The smallest absolute Gasteiger partial charge is 0.257 e. The molecule has 1 aliphatic heterocycles. The van der Waals surface area contributed by atoms with Gasteiger partial charge in [-0.3, -0.25) is 4.79 Å². The van der Waals surface area contributed by atoms with E-state index < -0.39 is 0 Å². The number of hydrogen-bond donors (Lipinski definition) is 1. The first-order valence-corrected chi connectivity index (χ1v) is 7.40. The molecule has 6 heteroatoms. The van der Waals surface area contributed by atoms with Crippen molar-refractivity contribution in [3.05, 3.63) is 23.5 Å². The van der Waals surface area contributed by atoms with Crippen molar-refractivity contribution >= 4 is 17.0 Å². The third kappa shape index (κ3) is 1.93. The molecule has 110 valence electrons. The van der Waals surface area contributed by atoms with Gasteiger partial charge in [-0.1, -0.05) is 5.16 Å². The van der Waals surface area contributed by atoms with Crippen molar-refractivity contribution in [1.29, 1.82) is 0 Å². The molecule has 3 heterocycles. The molecule has 2 N–H and O–H groups in total. The number of amides is 1. The summed E-state index contributed by atoms with van der Waals surface area (Å²) in [7, 11) is 0. The van der Waals surface area contributed by atoms with Crippen molar-refractivity contribution in [3.8, 4) is 0 Å². The summed E-state index contributed by atoms with van der Waals surface area (Å²) >= 11 is 0. The normalized spacial score (nSPS) is 28.3. The van der Waals surface area contributed by atoms with Crippen LogP contribution in [0.4, 0.5) is 0 Å². The molecule has 0 radical (unpaired) electrons. The molecule has 0 aromatic carbocycles. The fraction of sp³-hybridized carbons (Fsp3) is 0.533. The molecule has 6 nitrogen and oxygen atoms in total. The summed E-state index contributed by atoms with van der Waals surface area (Å²) in [6, 6.07) is 2.07. The standard InChI is InChI=1S/C15H18N4O2/c1-8-11-4-10(5-17-14(11)21-18-8)15(20)19-6-9-2-3-13(16)12(9)7-19/h4-5,9,12-13H,2-3,6-7,16H2,1H3. The van der Waals surface area contributed by atoms with E-state index in [9.17, 15) is 4.79 Å². The summed E-state index contributed by atoms with van der Waals surface area (Å²) in [6.07, 6.45) is 3.80. The number of fused-ring (bicyclic) bond motifs is 2. The molecule has 2 aromatic heterocycles. The Morgan fingerprint density at radius 3 is 3.10 bits per heavy atom. The van der Waals surface area contributed by atoms with Gasteiger partial charge in [-0.05, 0) is 37.7 Å². The van der Waals surface area contributed by atoms with Gasteiger partial charge in [-0.2, -0.15) is 0 Å². The lowest BCUT2D eigenvalue weighted by Gasteiger charge is -2.18. The Kier molecular flexibility index (Phi) is 2.75. The molecule has 1 saturated heterocycles. The van der Waals surface area contributed by atoms with Crippen LogP contribution >= 0.6 is 0 Å². The maximum absolute atomic E-state index is 12.7. The largest absolute Gasteiger partial charge is 0.338 e. The number of likely N-dealkylation sites (tertiary alicyclic amines) is 1. The molecule has 1 saturated carbocycles. The van der Waals surface area contributed by atoms with Crippen LogP contribution in [0.15, 0.2) is 16.8 Å². The van der Waals surface area contributed by atoms with E-state index in [2.05, 4.69) is 10.1 Å². The van der Waals surface area contributed by atoms with Crippen molar-refractivity contribution < 1.29 is 9.32 Å². The second-order valence-corrected chi connectivity index (χ2v) is 6.22. The molecule has 1 amide bonds. The Balaban J connectivity index is 1.60. The Morgan fingerprint density at radius 1 is 1.43 bits per heavy atom. The van der Waals surface area contributed by atoms with E-state index >= 15 is 0 Å². The molecule has 3 unspecified atom stereocenters. The minimum atomic E-state index is 0.0339. The lowest BCUT2D eigenvalue weighted by molar-refractivity contribution is 0.0779. The minimum absolute atomic E-state index is 0.0339. The van der Waals surface area contributed by atoms with Crippen LogP contribution in [-0.4, -0.2) is 40.1 Å². The SMILES string of the molecule is Cc1noc2ncc(C(=O)N3CC4CCC(N)C4C3)cc12. The number of nitrogens with two attached hydrogens (primary N) is 1. The molecule has 0 bridgehead atoms.